The lowest BCUT2D eigenvalue weighted by atomic mass is 10.1. The third-order valence-corrected chi connectivity index (χ3v) is 5.56. The number of hydrogen-bond acceptors (Lipinski definition) is 6. The van der Waals surface area contributed by atoms with E-state index in [0.29, 0.717) is 12.1 Å². The van der Waals surface area contributed by atoms with E-state index < -0.39 is 0 Å². The molecule has 0 aliphatic heterocycles. The van der Waals surface area contributed by atoms with Crippen molar-refractivity contribution in [3.05, 3.63) is 60.9 Å². The van der Waals surface area contributed by atoms with Gasteiger partial charge in [-0.05, 0) is 49.6 Å². The molecule has 1 saturated carbocycles. The Morgan fingerprint density at radius 2 is 1.83 bits per heavy atom. The fourth-order valence-corrected chi connectivity index (χ4v) is 4.08. The van der Waals surface area contributed by atoms with Crippen LogP contribution in [0.5, 0.6) is 5.75 Å². The molecule has 5 rings (SSSR count). The summed E-state index contributed by atoms with van der Waals surface area (Å²) in [6.45, 7) is 0. The van der Waals surface area contributed by atoms with Crippen LogP contribution in [0.2, 0.25) is 0 Å². The summed E-state index contributed by atoms with van der Waals surface area (Å²) in [5.74, 6) is 2.53. The molecule has 0 radical (unpaired) electrons. The van der Waals surface area contributed by atoms with Gasteiger partial charge in [-0.3, -0.25) is 0 Å². The fourth-order valence-electron chi connectivity index (χ4n) is 4.08. The van der Waals surface area contributed by atoms with Gasteiger partial charge in [-0.25, -0.2) is 9.97 Å². The van der Waals surface area contributed by atoms with Crippen LogP contribution in [0.3, 0.4) is 0 Å². The molecule has 7 heteroatoms. The van der Waals surface area contributed by atoms with E-state index in [1.54, 1.807) is 13.3 Å². The number of aromatic amines is 1. The van der Waals surface area contributed by atoms with Gasteiger partial charge in [-0.2, -0.15) is 4.98 Å². The van der Waals surface area contributed by atoms with E-state index in [0.717, 1.165) is 59.1 Å². The molecular weight excluding hydrogens is 376 g/mol. The maximum atomic E-state index is 5.46. The molecule has 7 nitrogen and oxygen atoms in total. The van der Waals surface area contributed by atoms with Gasteiger partial charge >= 0.3 is 0 Å². The van der Waals surface area contributed by atoms with Gasteiger partial charge in [0.2, 0.25) is 5.95 Å². The van der Waals surface area contributed by atoms with Gasteiger partial charge < -0.3 is 20.4 Å². The molecule has 0 amide bonds. The lowest BCUT2D eigenvalue weighted by Gasteiger charge is -2.15. The predicted molar refractivity (Wildman–Crippen MR) is 119 cm³/mol. The molecule has 4 aromatic rings. The van der Waals surface area contributed by atoms with Gasteiger partial charge in [-0.1, -0.05) is 18.2 Å². The average Bonchev–Trinajstić information content (AvgIpc) is 3.40. The van der Waals surface area contributed by atoms with Crippen molar-refractivity contribution in [2.45, 2.75) is 31.3 Å². The van der Waals surface area contributed by atoms with Crippen LogP contribution < -0.4 is 15.4 Å². The summed E-state index contributed by atoms with van der Waals surface area (Å²) in [5, 5.41) is 7.07. The highest BCUT2D eigenvalue weighted by molar-refractivity contribution is 5.73. The standard InChI is InChI=1S/C23H24N6O/c1-30-20-7-3-2-5-18(20)15-8-11-21(25-14-15)26-16-9-10-17(13-16)27-23-28-19-6-4-12-24-22(19)29-23/h2-8,11-12,14,16-17H,9-10,13H2,1H3,(H,25,26)(H2,24,27,28,29). The Bertz CT molecular complexity index is 1110. The second-order valence-electron chi connectivity index (χ2n) is 7.59. The molecule has 2 atom stereocenters. The topological polar surface area (TPSA) is 87.8 Å². The molecule has 152 valence electrons. The minimum absolute atomic E-state index is 0.371. The molecule has 3 aromatic heterocycles. The molecule has 0 bridgehead atoms. The van der Waals surface area contributed by atoms with Crippen molar-refractivity contribution in [3.63, 3.8) is 0 Å². The third kappa shape index (κ3) is 3.78. The number of aromatic nitrogens is 4. The summed E-state index contributed by atoms with van der Waals surface area (Å²) in [7, 11) is 1.69. The number of pyridine rings is 2. The predicted octanol–water partition coefficient (Wildman–Crippen LogP) is 4.47. The van der Waals surface area contributed by atoms with Gasteiger partial charge in [0, 0.05) is 35.6 Å². The number of benzene rings is 1. The van der Waals surface area contributed by atoms with Crippen molar-refractivity contribution >= 4 is 22.9 Å². The quantitative estimate of drug-likeness (QED) is 0.442. The first-order valence-electron chi connectivity index (χ1n) is 10.2. The number of rotatable bonds is 6. The summed E-state index contributed by atoms with van der Waals surface area (Å²) >= 11 is 0. The van der Waals surface area contributed by atoms with E-state index in [2.05, 4.69) is 36.6 Å². The van der Waals surface area contributed by atoms with Crippen molar-refractivity contribution in [1.82, 2.24) is 19.9 Å². The Labute approximate surface area is 174 Å². The molecule has 2 unspecified atom stereocenters. The monoisotopic (exact) mass is 400 g/mol. The van der Waals surface area contributed by atoms with E-state index in [1.807, 2.05) is 48.7 Å². The first-order valence-corrected chi connectivity index (χ1v) is 10.2. The average molecular weight is 400 g/mol. The Hall–Kier alpha value is -3.61. The van der Waals surface area contributed by atoms with Crippen LogP contribution in [0.1, 0.15) is 19.3 Å². The molecule has 30 heavy (non-hydrogen) atoms. The van der Waals surface area contributed by atoms with Crippen molar-refractivity contribution in [3.8, 4) is 16.9 Å². The van der Waals surface area contributed by atoms with E-state index in [1.165, 1.54) is 0 Å². The molecule has 0 saturated heterocycles. The number of anilines is 2. The van der Waals surface area contributed by atoms with E-state index in [-0.39, 0.29) is 0 Å². The number of hydrogen-bond donors (Lipinski definition) is 3. The van der Waals surface area contributed by atoms with Gasteiger partial charge in [0.15, 0.2) is 5.65 Å². The van der Waals surface area contributed by atoms with Crippen LogP contribution in [-0.4, -0.2) is 39.1 Å². The van der Waals surface area contributed by atoms with Crippen molar-refractivity contribution in [2.75, 3.05) is 17.7 Å². The van der Waals surface area contributed by atoms with Gasteiger partial charge in [-0.15, -0.1) is 0 Å². The third-order valence-electron chi connectivity index (χ3n) is 5.56. The second kappa shape index (κ2) is 8.02. The van der Waals surface area contributed by atoms with Crippen LogP contribution in [0, 0.1) is 0 Å². The van der Waals surface area contributed by atoms with Crippen molar-refractivity contribution in [1.29, 1.82) is 0 Å². The lowest BCUT2D eigenvalue weighted by molar-refractivity contribution is 0.416. The van der Waals surface area contributed by atoms with Crippen LogP contribution >= 0.6 is 0 Å². The number of para-hydroxylation sites is 1. The molecule has 1 aliphatic rings. The smallest absolute Gasteiger partial charge is 0.202 e. The Morgan fingerprint density at radius 3 is 2.63 bits per heavy atom. The first kappa shape index (κ1) is 18.4. The molecular formula is C23H24N6O. The highest BCUT2D eigenvalue weighted by Crippen LogP contribution is 2.30. The number of methoxy groups -OCH3 is 1. The summed E-state index contributed by atoms with van der Waals surface area (Å²) in [6, 6.07) is 16.8. The van der Waals surface area contributed by atoms with Crippen LogP contribution in [0.25, 0.3) is 22.3 Å². The molecule has 3 N–H and O–H groups in total. The van der Waals surface area contributed by atoms with Crippen LogP contribution in [0.15, 0.2) is 60.9 Å². The Morgan fingerprint density at radius 1 is 0.967 bits per heavy atom. The highest BCUT2D eigenvalue weighted by Gasteiger charge is 2.25. The summed E-state index contributed by atoms with van der Waals surface area (Å²) in [5.41, 5.74) is 3.78. The van der Waals surface area contributed by atoms with Crippen LogP contribution in [-0.2, 0) is 0 Å². The normalized spacial score (nSPS) is 18.4. The SMILES string of the molecule is COc1ccccc1-c1ccc(NC2CCC(Nc3nc4ncccc4[nH]3)C2)nc1. The molecule has 3 heterocycles. The number of imidazole rings is 1. The number of nitrogens with one attached hydrogen (secondary N) is 3. The van der Waals surface area contributed by atoms with E-state index in [4.69, 9.17) is 4.74 Å². The minimum Gasteiger partial charge on any atom is -0.496 e. The zero-order chi connectivity index (χ0) is 20.3. The minimum atomic E-state index is 0.371. The fraction of sp³-hybridized carbons (Fsp3) is 0.261. The molecule has 1 fully saturated rings. The van der Waals surface area contributed by atoms with E-state index >= 15 is 0 Å². The Balaban J connectivity index is 1.20. The van der Waals surface area contributed by atoms with Gasteiger partial charge in [0.05, 0.1) is 12.6 Å². The summed E-state index contributed by atoms with van der Waals surface area (Å²) < 4.78 is 5.46. The highest BCUT2D eigenvalue weighted by atomic mass is 16.5. The number of nitrogens with zero attached hydrogens (tertiary/aromatic N) is 3. The largest absolute Gasteiger partial charge is 0.496 e. The van der Waals surface area contributed by atoms with Crippen LogP contribution in [0.4, 0.5) is 11.8 Å². The second-order valence-corrected chi connectivity index (χ2v) is 7.59. The van der Waals surface area contributed by atoms with Gasteiger partial charge in [0.25, 0.3) is 0 Å². The lowest BCUT2D eigenvalue weighted by Crippen LogP contribution is -2.21. The molecule has 1 aliphatic carbocycles. The zero-order valence-corrected chi connectivity index (χ0v) is 16.8. The maximum Gasteiger partial charge on any atom is 0.202 e. The summed E-state index contributed by atoms with van der Waals surface area (Å²) in [6.07, 6.45) is 6.84. The van der Waals surface area contributed by atoms with E-state index in [9.17, 15) is 0 Å². The number of fused-ring (bicyclic) bond motifs is 1. The number of ether oxygens (including phenoxy) is 1. The summed E-state index contributed by atoms with van der Waals surface area (Å²) in [4.78, 5) is 16.7. The first-order chi connectivity index (χ1) is 14.8. The van der Waals surface area contributed by atoms with Gasteiger partial charge in [0.1, 0.15) is 11.6 Å². The molecule has 1 aromatic carbocycles. The van der Waals surface area contributed by atoms with Crippen molar-refractivity contribution in [2.24, 2.45) is 0 Å². The zero-order valence-electron chi connectivity index (χ0n) is 16.8. The number of H-pyrrole nitrogens is 1. The van der Waals surface area contributed by atoms with Crippen molar-refractivity contribution < 1.29 is 4.74 Å². The molecule has 0 spiro atoms. The maximum absolute atomic E-state index is 5.46. The Kier molecular flexibility index (Phi) is 4.93.